The second kappa shape index (κ2) is 7.31. The highest BCUT2D eigenvalue weighted by atomic mass is 32.1. The zero-order valence-corrected chi connectivity index (χ0v) is 5.54. The fourth-order valence-electron chi connectivity index (χ4n) is 0.802. The summed E-state index contributed by atoms with van der Waals surface area (Å²) in [5.74, 6) is 0. The van der Waals surface area contributed by atoms with Gasteiger partial charge in [-0.2, -0.15) is 13.5 Å². The number of nitrogens with one attached hydrogen (secondary N) is 1. The van der Waals surface area contributed by atoms with Crippen LogP contribution in [0, 0.1) is 0 Å². The Morgan fingerprint density at radius 3 is 1.50 bits per heavy atom. The van der Waals surface area contributed by atoms with Gasteiger partial charge in [0, 0.05) is 0 Å². The first-order valence-electron chi connectivity index (χ1n) is 2.71. The minimum atomic E-state index is 0. The van der Waals surface area contributed by atoms with Crippen molar-refractivity contribution in [2.24, 2.45) is 0 Å². The van der Waals surface area contributed by atoms with Crippen LogP contribution in [-0.4, -0.2) is 13.1 Å². The quantitative estimate of drug-likeness (QED) is 0.531. The van der Waals surface area contributed by atoms with Crippen molar-refractivity contribution in [2.75, 3.05) is 13.1 Å². The van der Waals surface area contributed by atoms with Gasteiger partial charge >= 0.3 is 0 Å². The lowest BCUT2D eigenvalue weighted by atomic mass is 10.2. The van der Waals surface area contributed by atoms with Gasteiger partial charge in [-0.3, -0.25) is 0 Å². The average molecular weight is 135 g/mol. The van der Waals surface area contributed by atoms with Crippen LogP contribution in [0.5, 0.6) is 0 Å². The molecule has 0 bridgehead atoms. The summed E-state index contributed by atoms with van der Waals surface area (Å²) in [5, 5.41) is 3.28. The Morgan fingerprint density at radius 1 is 0.875 bits per heavy atom. The highest BCUT2D eigenvalue weighted by Gasteiger charge is 1.93. The molecule has 0 radical (unpaired) electrons. The number of hydrogen-bond donors (Lipinski definition) is 1. The largest absolute Gasteiger partial charge is 0.317 e. The van der Waals surface area contributed by atoms with E-state index in [0.29, 0.717) is 0 Å². The molecule has 0 aliphatic carbocycles. The van der Waals surface area contributed by atoms with E-state index in [0.717, 1.165) is 0 Å². The Bertz CT molecular complexity index is 24.0. The summed E-state index contributed by atoms with van der Waals surface area (Å²) < 4.78 is 0. The summed E-state index contributed by atoms with van der Waals surface area (Å²) in [6, 6.07) is 0. The lowest BCUT2D eigenvalue weighted by Crippen LogP contribution is -2.21. The lowest BCUT2D eigenvalue weighted by molar-refractivity contribution is 0.520. The first kappa shape index (κ1) is 11.2. The third kappa shape index (κ3) is 4.47. The molecule has 8 heavy (non-hydrogen) atoms. The SMILES string of the molecule is C.C1CCNCC1.S. The maximum Gasteiger partial charge on any atom is -0.00489 e. The Balaban J connectivity index is 0. The molecule has 0 aromatic heterocycles. The van der Waals surface area contributed by atoms with E-state index in [1.54, 1.807) is 0 Å². The molecule has 1 saturated heterocycles. The van der Waals surface area contributed by atoms with Gasteiger partial charge in [-0.15, -0.1) is 0 Å². The molecule has 2 heteroatoms. The molecule has 1 rings (SSSR count). The molecule has 0 amide bonds. The van der Waals surface area contributed by atoms with Crippen molar-refractivity contribution in [2.45, 2.75) is 26.7 Å². The second-order valence-corrected chi connectivity index (χ2v) is 1.81. The number of rotatable bonds is 0. The van der Waals surface area contributed by atoms with Crippen LogP contribution in [0.3, 0.4) is 0 Å². The molecule has 52 valence electrons. The highest BCUT2D eigenvalue weighted by molar-refractivity contribution is 7.59. The molecule has 1 heterocycles. The Labute approximate surface area is 59.3 Å². The van der Waals surface area contributed by atoms with E-state index in [2.05, 4.69) is 5.32 Å². The van der Waals surface area contributed by atoms with Crippen molar-refractivity contribution in [1.29, 1.82) is 0 Å². The van der Waals surface area contributed by atoms with Gasteiger partial charge in [0.05, 0.1) is 0 Å². The standard InChI is InChI=1S/C5H11N.CH4.H2S/c1-2-4-6-5-3-1;;/h6H,1-5H2;1H4;1H2. The van der Waals surface area contributed by atoms with E-state index in [4.69, 9.17) is 0 Å². The Kier molecular flexibility index (Phi) is 10.2. The molecule has 1 nitrogen and oxygen atoms in total. The van der Waals surface area contributed by atoms with Gasteiger partial charge in [-0.1, -0.05) is 13.8 Å². The van der Waals surface area contributed by atoms with Crippen LogP contribution in [0.15, 0.2) is 0 Å². The fourth-order valence-corrected chi connectivity index (χ4v) is 0.802. The third-order valence-corrected chi connectivity index (χ3v) is 1.21. The minimum absolute atomic E-state index is 0. The van der Waals surface area contributed by atoms with Crippen molar-refractivity contribution in [3.63, 3.8) is 0 Å². The van der Waals surface area contributed by atoms with E-state index in [1.165, 1.54) is 32.4 Å². The second-order valence-electron chi connectivity index (χ2n) is 1.81. The van der Waals surface area contributed by atoms with Gasteiger partial charge in [-0.05, 0) is 25.9 Å². The summed E-state index contributed by atoms with van der Waals surface area (Å²) in [6.07, 6.45) is 4.22. The van der Waals surface area contributed by atoms with Crippen LogP contribution in [0.2, 0.25) is 0 Å². The molecule has 0 aromatic rings. The van der Waals surface area contributed by atoms with Crippen molar-refractivity contribution >= 4 is 13.5 Å². The molecule has 1 aliphatic rings. The summed E-state index contributed by atoms with van der Waals surface area (Å²) in [5.41, 5.74) is 0. The zero-order chi connectivity index (χ0) is 4.24. The van der Waals surface area contributed by atoms with Crippen LogP contribution < -0.4 is 5.32 Å². The van der Waals surface area contributed by atoms with Crippen molar-refractivity contribution in [3.05, 3.63) is 0 Å². The molecule has 0 spiro atoms. The highest BCUT2D eigenvalue weighted by Crippen LogP contribution is 1.96. The summed E-state index contributed by atoms with van der Waals surface area (Å²) >= 11 is 0. The van der Waals surface area contributed by atoms with Crippen LogP contribution in [0.1, 0.15) is 26.7 Å². The number of hydrogen-bond acceptors (Lipinski definition) is 1. The molecule has 1 aliphatic heterocycles. The maximum absolute atomic E-state index is 3.28. The molecule has 1 N–H and O–H groups in total. The molecule has 0 aromatic carbocycles. The predicted molar refractivity (Wildman–Crippen MR) is 43.8 cm³/mol. The minimum Gasteiger partial charge on any atom is -0.317 e. The molecular weight excluding hydrogens is 118 g/mol. The van der Waals surface area contributed by atoms with E-state index >= 15 is 0 Å². The van der Waals surface area contributed by atoms with E-state index in [9.17, 15) is 0 Å². The van der Waals surface area contributed by atoms with Gasteiger partial charge in [0.15, 0.2) is 0 Å². The van der Waals surface area contributed by atoms with Crippen molar-refractivity contribution in [3.8, 4) is 0 Å². The first-order chi connectivity index (χ1) is 3.00. The summed E-state index contributed by atoms with van der Waals surface area (Å²) in [4.78, 5) is 0. The van der Waals surface area contributed by atoms with Gasteiger partial charge in [0.25, 0.3) is 0 Å². The average Bonchev–Trinajstić information content (AvgIpc) is 1.72. The van der Waals surface area contributed by atoms with E-state index < -0.39 is 0 Å². The lowest BCUT2D eigenvalue weighted by Gasteiger charge is -2.08. The zero-order valence-electron chi connectivity index (χ0n) is 4.54. The molecule has 0 saturated carbocycles. The van der Waals surface area contributed by atoms with Crippen LogP contribution in [0.25, 0.3) is 0 Å². The molecule has 1 fully saturated rings. The fraction of sp³-hybridized carbons (Fsp3) is 1.00. The molecular formula is C6H17NS. The first-order valence-corrected chi connectivity index (χ1v) is 2.71. The van der Waals surface area contributed by atoms with Gasteiger partial charge in [0.2, 0.25) is 0 Å². The van der Waals surface area contributed by atoms with Gasteiger partial charge < -0.3 is 5.32 Å². The van der Waals surface area contributed by atoms with Crippen LogP contribution in [0.4, 0.5) is 0 Å². The molecule has 0 atom stereocenters. The molecule has 0 unspecified atom stereocenters. The van der Waals surface area contributed by atoms with Crippen LogP contribution in [-0.2, 0) is 0 Å². The monoisotopic (exact) mass is 135 g/mol. The third-order valence-electron chi connectivity index (χ3n) is 1.21. The Morgan fingerprint density at radius 2 is 1.38 bits per heavy atom. The van der Waals surface area contributed by atoms with E-state index in [1.807, 2.05) is 0 Å². The van der Waals surface area contributed by atoms with Gasteiger partial charge in [0.1, 0.15) is 0 Å². The topological polar surface area (TPSA) is 12.0 Å². The summed E-state index contributed by atoms with van der Waals surface area (Å²) in [7, 11) is 0. The van der Waals surface area contributed by atoms with E-state index in [-0.39, 0.29) is 20.9 Å². The Hall–Kier alpha value is 0.310. The summed E-state index contributed by atoms with van der Waals surface area (Å²) in [6.45, 7) is 2.50. The van der Waals surface area contributed by atoms with Gasteiger partial charge in [-0.25, -0.2) is 0 Å². The maximum atomic E-state index is 3.28. The normalized spacial score (nSPS) is 18.0. The van der Waals surface area contributed by atoms with Crippen molar-refractivity contribution < 1.29 is 0 Å². The number of piperidine rings is 1. The van der Waals surface area contributed by atoms with Crippen molar-refractivity contribution in [1.82, 2.24) is 5.32 Å². The van der Waals surface area contributed by atoms with Crippen LogP contribution >= 0.6 is 13.5 Å². The smallest absolute Gasteiger partial charge is 0.00489 e. The predicted octanol–water partition coefficient (Wildman–Crippen LogP) is 1.51.